The Labute approximate surface area is 144 Å². The fraction of sp³-hybridized carbons (Fsp3) is 0.467. The maximum atomic E-state index is 11.8. The van der Waals surface area contributed by atoms with Crippen LogP contribution in [0.25, 0.3) is 0 Å². The van der Waals surface area contributed by atoms with E-state index in [4.69, 9.17) is 0 Å². The number of carbonyl (C=O) groups excluding carboxylic acids is 1. The lowest BCUT2D eigenvalue weighted by Crippen LogP contribution is -2.34. The lowest BCUT2D eigenvalue weighted by molar-refractivity contribution is 0.0953. The van der Waals surface area contributed by atoms with E-state index >= 15 is 0 Å². The second kappa shape index (κ2) is 11.4. The monoisotopic (exact) mass is 404 g/mol. The Morgan fingerprint density at radius 3 is 2.38 bits per heavy atom. The molecule has 1 aromatic carbocycles. The van der Waals surface area contributed by atoms with Crippen molar-refractivity contribution in [3.8, 4) is 0 Å². The zero-order valence-electron chi connectivity index (χ0n) is 12.9. The van der Waals surface area contributed by atoms with Crippen molar-refractivity contribution < 1.29 is 4.79 Å². The van der Waals surface area contributed by atoms with Crippen LogP contribution in [0.2, 0.25) is 0 Å². The number of rotatable bonds is 6. The number of amides is 1. The van der Waals surface area contributed by atoms with E-state index in [9.17, 15) is 4.79 Å². The van der Waals surface area contributed by atoms with Gasteiger partial charge in [-0.2, -0.15) is 0 Å². The maximum absolute atomic E-state index is 11.8. The minimum Gasteiger partial charge on any atom is -0.359 e. The Morgan fingerprint density at radius 2 is 1.86 bits per heavy atom. The fourth-order valence-corrected chi connectivity index (χ4v) is 1.72. The smallest absolute Gasteiger partial charge is 0.251 e. The fourth-order valence-electron chi connectivity index (χ4n) is 1.72. The zero-order chi connectivity index (χ0) is 14.8. The number of hydrogen-bond acceptors (Lipinski definition) is 2. The molecule has 0 bridgehead atoms. The topological polar surface area (TPSA) is 65.5 Å². The summed E-state index contributed by atoms with van der Waals surface area (Å²) in [5.41, 5.74) is 1.80. The van der Waals surface area contributed by atoms with Gasteiger partial charge in [-0.05, 0) is 24.1 Å². The summed E-state index contributed by atoms with van der Waals surface area (Å²) in [6.07, 6.45) is 2.09. The number of halogens is 1. The van der Waals surface area contributed by atoms with Gasteiger partial charge in [0, 0.05) is 32.7 Å². The minimum absolute atomic E-state index is 0. The third-order valence-corrected chi connectivity index (χ3v) is 2.95. The number of nitrogens with zero attached hydrogens (tertiary/aromatic N) is 1. The second-order valence-electron chi connectivity index (χ2n) is 4.48. The number of carbonyl (C=O) groups is 1. The van der Waals surface area contributed by atoms with E-state index < -0.39 is 0 Å². The Hall–Kier alpha value is -1.31. The van der Waals surface area contributed by atoms with Crippen LogP contribution < -0.4 is 16.0 Å². The summed E-state index contributed by atoms with van der Waals surface area (Å²) < 4.78 is 0. The highest BCUT2D eigenvalue weighted by Gasteiger charge is 2.04. The van der Waals surface area contributed by atoms with Gasteiger partial charge in [0.25, 0.3) is 5.91 Å². The highest BCUT2D eigenvalue weighted by Crippen LogP contribution is 2.04. The molecule has 118 valence electrons. The van der Waals surface area contributed by atoms with Crippen LogP contribution in [0, 0.1) is 0 Å². The Morgan fingerprint density at radius 1 is 1.19 bits per heavy atom. The van der Waals surface area contributed by atoms with Crippen molar-refractivity contribution in [1.29, 1.82) is 0 Å². The molecular weight excluding hydrogens is 379 g/mol. The van der Waals surface area contributed by atoms with Gasteiger partial charge < -0.3 is 16.0 Å². The summed E-state index contributed by atoms with van der Waals surface area (Å²) in [6.45, 7) is 3.51. The summed E-state index contributed by atoms with van der Waals surface area (Å²) >= 11 is 0. The molecule has 21 heavy (non-hydrogen) atoms. The Kier molecular flexibility index (Phi) is 10.7. The molecule has 0 aliphatic rings. The Balaban J connectivity index is 0.00000400. The first-order valence-electron chi connectivity index (χ1n) is 6.96. The SMILES string of the molecule is CCCCNC(=O)c1ccc(CNC(=NC)NC)cc1.I. The van der Waals surface area contributed by atoms with Gasteiger partial charge in [-0.1, -0.05) is 25.5 Å². The van der Waals surface area contributed by atoms with Crippen molar-refractivity contribution in [3.63, 3.8) is 0 Å². The molecule has 0 aliphatic heterocycles. The molecule has 0 heterocycles. The summed E-state index contributed by atoms with van der Waals surface area (Å²) in [4.78, 5) is 15.9. The van der Waals surface area contributed by atoms with Gasteiger partial charge in [-0.15, -0.1) is 24.0 Å². The molecule has 0 atom stereocenters. The van der Waals surface area contributed by atoms with Gasteiger partial charge in [0.05, 0.1) is 0 Å². The van der Waals surface area contributed by atoms with Crippen molar-refractivity contribution in [2.45, 2.75) is 26.3 Å². The van der Waals surface area contributed by atoms with Crippen molar-refractivity contribution in [2.75, 3.05) is 20.6 Å². The van der Waals surface area contributed by atoms with E-state index in [0.29, 0.717) is 12.1 Å². The third-order valence-electron chi connectivity index (χ3n) is 2.95. The summed E-state index contributed by atoms with van der Waals surface area (Å²) in [7, 11) is 3.54. The van der Waals surface area contributed by atoms with Crippen LogP contribution in [-0.4, -0.2) is 32.5 Å². The number of benzene rings is 1. The van der Waals surface area contributed by atoms with Crippen molar-refractivity contribution in [2.24, 2.45) is 4.99 Å². The van der Waals surface area contributed by atoms with Gasteiger partial charge in [0.15, 0.2) is 5.96 Å². The van der Waals surface area contributed by atoms with Gasteiger partial charge in [0.1, 0.15) is 0 Å². The van der Waals surface area contributed by atoms with Crippen LogP contribution in [0.4, 0.5) is 0 Å². The average Bonchev–Trinajstić information content (AvgIpc) is 2.49. The van der Waals surface area contributed by atoms with Crippen LogP contribution in [0.1, 0.15) is 35.7 Å². The molecule has 1 aromatic rings. The van der Waals surface area contributed by atoms with Crippen molar-refractivity contribution >= 4 is 35.8 Å². The highest BCUT2D eigenvalue weighted by molar-refractivity contribution is 14.0. The molecule has 3 N–H and O–H groups in total. The lowest BCUT2D eigenvalue weighted by Gasteiger charge is -2.09. The molecule has 0 aromatic heterocycles. The van der Waals surface area contributed by atoms with Crippen LogP contribution in [0.15, 0.2) is 29.3 Å². The van der Waals surface area contributed by atoms with E-state index in [-0.39, 0.29) is 29.9 Å². The molecule has 0 fully saturated rings. The maximum Gasteiger partial charge on any atom is 0.251 e. The molecule has 6 heteroatoms. The van der Waals surface area contributed by atoms with Crippen LogP contribution >= 0.6 is 24.0 Å². The standard InChI is InChI=1S/C15H24N4O.HI/c1-4-5-10-18-14(20)13-8-6-12(7-9-13)11-19-15(16-2)17-3;/h6-9H,4-5,10-11H2,1-3H3,(H,18,20)(H2,16,17,19);1H. The van der Waals surface area contributed by atoms with Gasteiger partial charge >= 0.3 is 0 Å². The number of hydrogen-bond donors (Lipinski definition) is 3. The first kappa shape index (κ1) is 19.7. The zero-order valence-corrected chi connectivity index (χ0v) is 15.2. The molecule has 5 nitrogen and oxygen atoms in total. The average molecular weight is 404 g/mol. The van der Waals surface area contributed by atoms with E-state index in [1.54, 1.807) is 7.05 Å². The first-order valence-corrected chi connectivity index (χ1v) is 6.96. The number of guanidine groups is 1. The normalized spacial score (nSPS) is 10.5. The molecule has 1 amide bonds. The van der Waals surface area contributed by atoms with E-state index in [0.717, 1.165) is 30.9 Å². The first-order chi connectivity index (χ1) is 9.71. The number of nitrogens with one attached hydrogen (secondary N) is 3. The molecule has 0 saturated carbocycles. The summed E-state index contributed by atoms with van der Waals surface area (Å²) in [5.74, 6) is 0.732. The minimum atomic E-state index is -0.0102. The molecule has 0 unspecified atom stereocenters. The molecular formula is C15H25IN4O. The van der Waals surface area contributed by atoms with E-state index in [1.807, 2.05) is 31.3 Å². The summed E-state index contributed by atoms with van der Waals surface area (Å²) in [5, 5.41) is 9.02. The van der Waals surface area contributed by atoms with Crippen LogP contribution in [-0.2, 0) is 6.54 Å². The molecule has 0 aliphatic carbocycles. The molecule has 0 saturated heterocycles. The lowest BCUT2D eigenvalue weighted by atomic mass is 10.1. The summed E-state index contributed by atoms with van der Waals surface area (Å²) in [6, 6.07) is 7.59. The Bertz CT molecular complexity index is 445. The predicted molar refractivity (Wildman–Crippen MR) is 98.4 cm³/mol. The quantitative estimate of drug-likeness (QED) is 0.295. The molecule has 0 spiro atoms. The molecule has 1 rings (SSSR count). The highest BCUT2D eigenvalue weighted by atomic mass is 127. The largest absolute Gasteiger partial charge is 0.359 e. The van der Waals surface area contributed by atoms with Gasteiger partial charge in [-0.25, -0.2) is 0 Å². The number of unbranched alkanes of at least 4 members (excludes halogenated alkanes) is 1. The second-order valence-corrected chi connectivity index (χ2v) is 4.48. The van der Waals surface area contributed by atoms with Crippen LogP contribution in [0.5, 0.6) is 0 Å². The third kappa shape index (κ3) is 7.31. The van der Waals surface area contributed by atoms with E-state index in [2.05, 4.69) is 27.9 Å². The predicted octanol–water partition coefficient (Wildman–Crippen LogP) is 2.13. The van der Waals surface area contributed by atoms with Gasteiger partial charge in [-0.3, -0.25) is 9.79 Å². The molecule has 0 radical (unpaired) electrons. The van der Waals surface area contributed by atoms with Crippen molar-refractivity contribution in [1.82, 2.24) is 16.0 Å². The van der Waals surface area contributed by atoms with Crippen LogP contribution in [0.3, 0.4) is 0 Å². The number of aliphatic imine (C=N–C) groups is 1. The van der Waals surface area contributed by atoms with E-state index in [1.165, 1.54) is 0 Å². The van der Waals surface area contributed by atoms with Crippen molar-refractivity contribution in [3.05, 3.63) is 35.4 Å². The van der Waals surface area contributed by atoms with Gasteiger partial charge in [0.2, 0.25) is 0 Å².